The zero-order valence-corrected chi connectivity index (χ0v) is 17.7. The summed E-state index contributed by atoms with van der Waals surface area (Å²) in [7, 11) is 0. The van der Waals surface area contributed by atoms with Gasteiger partial charge in [-0.2, -0.15) is 0 Å². The second kappa shape index (κ2) is 8.17. The minimum Gasteiger partial charge on any atom is -0.456 e. The summed E-state index contributed by atoms with van der Waals surface area (Å²) in [6, 6.07) is 5.97. The minimum atomic E-state index is -1.25. The molecule has 2 N–H and O–H groups in total. The molecule has 2 heterocycles. The van der Waals surface area contributed by atoms with Gasteiger partial charge in [0.05, 0.1) is 26.8 Å². The van der Waals surface area contributed by atoms with Crippen molar-refractivity contribution >= 4 is 65.9 Å². The molecule has 0 fully saturated rings. The number of carbonyl (C=O) groups is 1. The Morgan fingerprint density at radius 3 is 2.87 bits per heavy atom. The fraction of sp³-hybridized carbons (Fsp3) is 0.158. The van der Waals surface area contributed by atoms with Crippen molar-refractivity contribution in [2.75, 3.05) is 5.32 Å². The van der Waals surface area contributed by atoms with Crippen molar-refractivity contribution in [2.45, 2.75) is 19.6 Å². The molecule has 2 aromatic carbocycles. The van der Waals surface area contributed by atoms with Crippen molar-refractivity contribution in [3.8, 4) is 0 Å². The van der Waals surface area contributed by atoms with Crippen LogP contribution in [-0.2, 0) is 16.1 Å². The molecule has 2 aromatic heterocycles. The fourth-order valence-electron chi connectivity index (χ4n) is 2.75. The summed E-state index contributed by atoms with van der Waals surface area (Å²) >= 11 is 4.23. The molecule has 0 amide bonds. The molecule has 4 aromatic rings. The zero-order valence-electron chi connectivity index (χ0n) is 15.3. The van der Waals surface area contributed by atoms with E-state index in [4.69, 9.17) is 9.84 Å². The first-order valence-corrected chi connectivity index (χ1v) is 10.2. The monoisotopic (exact) mass is 494 g/mol. The number of nitrogens with one attached hydrogen (secondary N) is 1. The Balaban J connectivity index is 1.67. The Labute approximate surface area is 180 Å². The lowest BCUT2D eigenvalue weighted by Crippen LogP contribution is -2.18. The van der Waals surface area contributed by atoms with Crippen molar-refractivity contribution in [1.82, 2.24) is 15.0 Å². The Kier molecular flexibility index (Phi) is 5.58. The Morgan fingerprint density at radius 2 is 2.10 bits per heavy atom. The molecule has 11 heteroatoms. The summed E-state index contributed by atoms with van der Waals surface area (Å²) in [5, 5.41) is 12.5. The van der Waals surface area contributed by atoms with Crippen molar-refractivity contribution < 1.29 is 23.4 Å². The van der Waals surface area contributed by atoms with Crippen LogP contribution in [-0.4, -0.2) is 32.1 Å². The lowest BCUT2D eigenvalue weighted by molar-refractivity contribution is -0.153. The molecule has 0 aliphatic carbocycles. The highest BCUT2D eigenvalue weighted by molar-refractivity contribution is 9.10. The predicted molar refractivity (Wildman–Crippen MR) is 112 cm³/mol. The van der Waals surface area contributed by atoms with Gasteiger partial charge in [-0.1, -0.05) is 15.9 Å². The molecule has 0 spiro atoms. The Morgan fingerprint density at radius 1 is 1.30 bits per heavy atom. The maximum Gasteiger partial charge on any atom is 0.335 e. The third-order valence-electron chi connectivity index (χ3n) is 4.13. The number of halogens is 3. The van der Waals surface area contributed by atoms with Crippen molar-refractivity contribution in [1.29, 1.82) is 0 Å². The Hall–Kier alpha value is -2.76. The molecule has 0 aliphatic rings. The van der Waals surface area contributed by atoms with Crippen LogP contribution in [0.3, 0.4) is 0 Å². The molecule has 0 saturated carbocycles. The van der Waals surface area contributed by atoms with Gasteiger partial charge in [-0.05, 0) is 31.2 Å². The van der Waals surface area contributed by atoms with Crippen molar-refractivity contribution in [2.24, 2.45) is 0 Å². The quantitative estimate of drug-likeness (QED) is 0.395. The van der Waals surface area contributed by atoms with E-state index in [1.807, 2.05) is 0 Å². The maximum atomic E-state index is 15.1. The molecule has 0 radical (unpaired) electrons. The number of aliphatic hydroxyl groups excluding tert-OH is 1. The van der Waals surface area contributed by atoms with Gasteiger partial charge in [0.15, 0.2) is 5.82 Å². The zero-order chi connectivity index (χ0) is 21.4. The van der Waals surface area contributed by atoms with Gasteiger partial charge in [-0.3, -0.25) is 0 Å². The fourth-order valence-corrected chi connectivity index (χ4v) is 4.08. The molecule has 1 atom stereocenters. The number of anilines is 2. The van der Waals surface area contributed by atoms with Crippen molar-refractivity contribution in [3.05, 3.63) is 51.7 Å². The number of hydrogen-bond acceptors (Lipinski definition) is 8. The smallest absolute Gasteiger partial charge is 0.335 e. The SMILES string of the molecule is CC(O)C(=O)OCc1nc2ccc(Nc3ncnc4cc(Br)cc(F)c34)c(F)c2s1. The number of aliphatic hydroxyl groups is 1. The topological polar surface area (TPSA) is 97.2 Å². The van der Waals surface area contributed by atoms with E-state index in [1.165, 1.54) is 25.4 Å². The van der Waals surface area contributed by atoms with E-state index in [-0.39, 0.29) is 28.2 Å². The molecule has 7 nitrogen and oxygen atoms in total. The molecule has 154 valence electrons. The number of carbonyl (C=O) groups excluding carboxylic acids is 1. The number of fused-ring (bicyclic) bond motifs is 2. The second-order valence-electron chi connectivity index (χ2n) is 6.30. The number of esters is 1. The number of benzene rings is 2. The predicted octanol–water partition coefficient (Wildman–Crippen LogP) is 4.45. The number of rotatable bonds is 5. The lowest BCUT2D eigenvalue weighted by Gasteiger charge is -2.10. The van der Waals surface area contributed by atoms with E-state index in [0.717, 1.165) is 11.3 Å². The van der Waals surface area contributed by atoms with E-state index in [9.17, 15) is 9.18 Å². The first-order chi connectivity index (χ1) is 14.3. The first-order valence-electron chi connectivity index (χ1n) is 8.63. The molecule has 0 aliphatic heterocycles. The van der Waals surface area contributed by atoms with Gasteiger partial charge in [-0.25, -0.2) is 28.5 Å². The normalized spacial score (nSPS) is 12.3. The summed E-state index contributed by atoms with van der Waals surface area (Å²) in [5.74, 6) is -1.81. The van der Waals surface area contributed by atoms with Crippen LogP contribution < -0.4 is 5.32 Å². The number of hydrogen-bond donors (Lipinski definition) is 2. The average molecular weight is 495 g/mol. The van der Waals surface area contributed by atoms with Gasteiger partial charge >= 0.3 is 5.97 Å². The van der Waals surface area contributed by atoms with Crippen LogP contribution in [0, 0.1) is 11.6 Å². The van der Waals surface area contributed by atoms with Gasteiger partial charge in [0, 0.05) is 4.47 Å². The third-order valence-corrected chi connectivity index (χ3v) is 5.62. The highest BCUT2D eigenvalue weighted by Gasteiger charge is 2.17. The maximum absolute atomic E-state index is 15.1. The Bertz CT molecular complexity index is 1280. The molecule has 0 saturated heterocycles. The van der Waals surface area contributed by atoms with Crippen LogP contribution in [0.2, 0.25) is 0 Å². The van der Waals surface area contributed by atoms with Gasteiger partial charge in [-0.15, -0.1) is 11.3 Å². The van der Waals surface area contributed by atoms with Crippen LogP contribution in [0.25, 0.3) is 21.1 Å². The summed E-state index contributed by atoms with van der Waals surface area (Å²) in [6.07, 6.45) is 0.00417. The molecular formula is C19H13BrF2N4O3S. The third kappa shape index (κ3) is 3.95. The van der Waals surface area contributed by atoms with E-state index in [2.05, 4.69) is 36.2 Å². The molecule has 30 heavy (non-hydrogen) atoms. The highest BCUT2D eigenvalue weighted by atomic mass is 79.9. The second-order valence-corrected chi connectivity index (χ2v) is 8.29. The number of ether oxygens (including phenoxy) is 1. The van der Waals surface area contributed by atoms with Crippen LogP contribution in [0.15, 0.2) is 35.1 Å². The van der Waals surface area contributed by atoms with Crippen LogP contribution in [0.5, 0.6) is 0 Å². The molecule has 4 rings (SSSR count). The van der Waals surface area contributed by atoms with Gasteiger partial charge in [0.2, 0.25) is 0 Å². The summed E-state index contributed by atoms with van der Waals surface area (Å²) in [6.45, 7) is 1.11. The van der Waals surface area contributed by atoms with Crippen LogP contribution >= 0.6 is 27.3 Å². The van der Waals surface area contributed by atoms with Crippen LogP contribution in [0.1, 0.15) is 11.9 Å². The highest BCUT2D eigenvalue weighted by Crippen LogP contribution is 2.33. The van der Waals surface area contributed by atoms with Gasteiger partial charge in [0.1, 0.15) is 35.7 Å². The largest absolute Gasteiger partial charge is 0.456 e. The standard InChI is InChI=1S/C19H13BrF2N4O3S/c1-8(27)19(28)29-6-14-25-12-3-2-11(16(22)17(12)30-14)26-18-15-10(21)4-9(20)5-13(15)23-7-24-18/h2-5,7-8,27H,6H2,1H3,(H,23,24,26). The van der Waals surface area contributed by atoms with Crippen molar-refractivity contribution in [3.63, 3.8) is 0 Å². The summed E-state index contributed by atoms with van der Waals surface area (Å²) < 4.78 is 35.2. The summed E-state index contributed by atoms with van der Waals surface area (Å²) in [5.41, 5.74) is 0.829. The molecule has 1 unspecified atom stereocenters. The van der Waals surface area contributed by atoms with E-state index in [1.54, 1.807) is 12.1 Å². The number of nitrogens with zero attached hydrogens (tertiary/aromatic N) is 3. The summed E-state index contributed by atoms with van der Waals surface area (Å²) in [4.78, 5) is 23.7. The van der Waals surface area contributed by atoms with Gasteiger partial charge < -0.3 is 15.2 Å². The van der Waals surface area contributed by atoms with E-state index < -0.39 is 23.7 Å². The molecular weight excluding hydrogens is 482 g/mol. The first kappa shape index (κ1) is 20.5. The lowest BCUT2D eigenvalue weighted by atomic mass is 10.2. The number of aromatic nitrogens is 3. The van der Waals surface area contributed by atoms with E-state index >= 15 is 4.39 Å². The average Bonchev–Trinajstić information content (AvgIpc) is 3.12. The van der Waals surface area contributed by atoms with Crippen LogP contribution in [0.4, 0.5) is 20.3 Å². The van der Waals surface area contributed by atoms with Gasteiger partial charge in [0.25, 0.3) is 0 Å². The minimum absolute atomic E-state index is 0.0843. The molecule has 0 bridgehead atoms. The number of thiazole rings is 1. The van der Waals surface area contributed by atoms with E-state index in [0.29, 0.717) is 20.5 Å².